The number of aliphatic carboxylic acids is 1. The first-order chi connectivity index (χ1) is 15.0. The summed E-state index contributed by atoms with van der Waals surface area (Å²) in [5, 5.41) is 9.73. The Labute approximate surface area is 185 Å². The van der Waals surface area contributed by atoms with E-state index in [1.54, 1.807) is 18.1 Å². The number of amides is 1. The molecule has 170 valence electrons. The van der Waals surface area contributed by atoms with Crippen LogP contribution in [0, 0.1) is 12.8 Å². The maximum absolute atomic E-state index is 13.9. The second-order valence-electron chi connectivity index (χ2n) is 8.73. The molecule has 1 N–H and O–H groups in total. The van der Waals surface area contributed by atoms with Crippen molar-refractivity contribution in [3.8, 4) is 11.5 Å². The summed E-state index contributed by atoms with van der Waals surface area (Å²) in [6.45, 7) is 6.52. The lowest BCUT2D eigenvalue weighted by molar-refractivity contribution is -0.153. The predicted octanol–water partition coefficient (Wildman–Crippen LogP) is 4.70. The van der Waals surface area contributed by atoms with Crippen LogP contribution in [-0.4, -0.2) is 48.2 Å². The zero-order chi connectivity index (χ0) is 22.4. The van der Waals surface area contributed by atoms with Crippen molar-refractivity contribution in [3.63, 3.8) is 0 Å². The average molecular weight is 430 g/mol. The summed E-state index contributed by atoms with van der Waals surface area (Å²) in [5.74, 6) is 0.129. The van der Waals surface area contributed by atoms with Gasteiger partial charge in [0.05, 0.1) is 13.0 Å². The van der Waals surface area contributed by atoms with E-state index in [4.69, 9.17) is 9.47 Å². The van der Waals surface area contributed by atoms with E-state index in [1.165, 1.54) is 6.42 Å². The highest BCUT2D eigenvalue weighted by atomic mass is 16.5. The van der Waals surface area contributed by atoms with Crippen LogP contribution in [0.2, 0.25) is 0 Å². The minimum Gasteiger partial charge on any atom is -0.493 e. The predicted molar refractivity (Wildman–Crippen MR) is 120 cm³/mol. The highest BCUT2D eigenvalue weighted by Gasteiger charge is 2.40. The van der Waals surface area contributed by atoms with Crippen molar-refractivity contribution in [3.05, 3.63) is 35.9 Å². The molecule has 2 atom stereocenters. The summed E-state index contributed by atoms with van der Waals surface area (Å²) in [4.78, 5) is 27.4. The molecule has 6 heteroatoms. The lowest BCUT2D eigenvalue weighted by atomic mass is 9.75. The fourth-order valence-corrected chi connectivity index (χ4v) is 5.18. The standard InChI is InChI=1S/C25H35NO5/c1-4-14-31-21-16-19(15-17(2)23(21)30-3)22(18-10-6-5-7-11-18)24(27)26-13-9-8-12-20(26)25(28)29/h4,15-16,18,20,22H,1,5-14H2,2-3H3,(H,28,29)/t20-,22-/m0/s1. The molecule has 0 radical (unpaired) electrons. The summed E-state index contributed by atoms with van der Waals surface area (Å²) >= 11 is 0. The number of carboxylic acids is 1. The van der Waals surface area contributed by atoms with Gasteiger partial charge >= 0.3 is 5.97 Å². The van der Waals surface area contributed by atoms with E-state index in [2.05, 4.69) is 6.58 Å². The van der Waals surface area contributed by atoms with Gasteiger partial charge in [-0.2, -0.15) is 0 Å². The molecule has 6 nitrogen and oxygen atoms in total. The maximum Gasteiger partial charge on any atom is 0.326 e. The van der Waals surface area contributed by atoms with Crippen LogP contribution in [0.3, 0.4) is 0 Å². The van der Waals surface area contributed by atoms with E-state index in [-0.39, 0.29) is 17.7 Å². The third-order valence-corrected chi connectivity index (χ3v) is 6.64. The number of likely N-dealkylation sites (tertiary alicyclic amines) is 1. The second kappa shape index (κ2) is 10.7. The first-order valence-corrected chi connectivity index (χ1v) is 11.4. The number of nitrogens with zero attached hydrogens (tertiary/aromatic N) is 1. The van der Waals surface area contributed by atoms with Crippen molar-refractivity contribution in [1.29, 1.82) is 0 Å². The molecule has 2 fully saturated rings. The summed E-state index contributed by atoms with van der Waals surface area (Å²) < 4.78 is 11.4. The Morgan fingerprint density at radius 3 is 2.55 bits per heavy atom. The van der Waals surface area contributed by atoms with Gasteiger partial charge in [-0.25, -0.2) is 4.79 Å². The number of ether oxygens (including phenoxy) is 2. The molecule has 1 aromatic rings. The number of hydrogen-bond donors (Lipinski definition) is 1. The number of aryl methyl sites for hydroxylation is 1. The molecule has 3 rings (SSSR count). The zero-order valence-electron chi connectivity index (χ0n) is 18.8. The third-order valence-electron chi connectivity index (χ3n) is 6.64. The van der Waals surface area contributed by atoms with Crippen molar-refractivity contribution in [1.82, 2.24) is 4.90 Å². The quantitative estimate of drug-likeness (QED) is 0.606. The molecule has 0 aromatic heterocycles. The molecule has 1 aromatic carbocycles. The minimum absolute atomic E-state index is 0.0572. The molecule has 1 heterocycles. The van der Waals surface area contributed by atoms with Crippen LogP contribution >= 0.6 is 0 Å². The Morgan fingerprint density at radius 1 is 1.19 bits per heavy atom. The highest BCUT2D eigenvalue weighted by molar-refractivity contribution is 5.89. The Kier molecular flexibility index (Phi) is 7.99. The average Bonchev–Trinajstić information content (AvgIpc) is 2.78. The largest absolute Gasteiger partial charge is 0.493 e. The van der Waals surface area contributed by atoms with Gasteiger partial charge in [0, 0.05) is 6.54 Å². The summed E-state index contributed by atoms with van der Waals surface area (Å²) in [7, 11) is 1.61. The number of carboxylic acid groups (broad SMARTS) is 1. The van der Waals surface area contributed by atoms with Crippen LogP contribution in [0.4, 0.5) is 0 Å². The normalized spacial score (nSPS) is 20.7. The molecule has 1 aliphatic heterocycles. The van der Waals surface area contributed by atoms with E-state index >= 15 is 0 Å². The van der Waals surface area contributed by atoms with Gasteiger partial charge in [0.2, 0.25) is 5.91 Å². The summed E-state index contributed by atoms with van der Waals surface area (Å²) in [5.41, 5.74) is 1.80. The van der Waals surface area contributed by atoms with Gasteiger partial charge in [-0.15, -0.1) is 0 Å². The maximum atomic E-state index is 13.9. The smallest absolute Gasteiger partial charge is 0.326 e. The van der Waals surface area contributed by atoms with Crippen molar-refractivity contribution >= 4 is 11.9 Å². The van der Waals surface area contributed by atoms with Gasteiger partial charge in [0.1, 0.15) is 12.6 Å². The number of methoxy groups -OCH3 is 1. The summed E-state index contributed by atoms with van der Waals surface area (Å²) in [6.07, 6.45) is 9.25. The van der Waals surface area contributed by atoms with Gasteiger partial charge in [-0.1, -0.05) is 38.0 Å². The molecule has 1 amide bonds. The minimum atomic E-state index is -0.906. The van der Waals surface area contributed by atoms with Crippen LogP contribution in [0.1, 0.15) is 68.4 Å². The molecule has 0 bridgehead atoms. The number of piperidine rings is 1. The fourth-order valence-electron chi connectivity index (χ4n) is 5.18. The summed E-state index contributed by atoms with van der Waals surface area (Å²) in [6, 6.07) is 3.19. The Morgan fingerprint density at radius 2 is 1.90 bits per heavy atom. The number of carbonyl (C=O) groups excluding carboxylic acids is 1. The second-order valence-corrected chi connectivity index (χ2v) is 8.73. The van der Waals surface area contributed by atoms with Crippen molar-refractivity contribution in [2.75, 3.05) is 20.3 Å². The molecule has 1 saturated heterocycles. The molecule has 31 heavy (non-hydrogen) atoms. The molecular weight excluding hydrogens is 394 g/mol. The van der Waals surface area contributed by atoms with E-state index in [9.17, 15) is 14.7 Å². The van der Waals surface area contributed by atoms with Crippen LogP contribution in [-0.2, 0) is 9.59 Å². The molecule has 0 spiro atoms. The van der Waals surface area contributed by atoms with E-state index in [1.807, 2.05) is 19.1 Å². The molecule has 1 saturated carbocycles. The van der Waals surface area contributed by atoms with Gasteiger partial charge in [0.25, 0.3) is 0 Å². The van der Waals surface area contributed by atoms with Gasteiger partial charge in [0.15, 0.2) is 11.5 Å². The van der Waals surface area contributed by atoms with E-state index in [0.717, 1.165) is 49.7 Å². The molecule has 2 aliphatic rings. The topological polar surface area (TPSA) is 76.1 Å². The molecule has 0 unspecified atom stereocenters. The third kappa shape index (κ3) is 5.23. The number of rotatable bonds is 8. The van der Waals surface area contributed by atoms with Gasteiger partial charge < -0.3 is 19.5 Å². The number of carbonyl (C=O) groups is 2. The zero-order valence-corrected chi connectivity index (χ0v) is 18.8. The Hall–Kier alpha value is -2.50. The van der Waals surface area contributed by atoms with Crippen molar-refractivity contribution in [2.24, 2.45) is 5.92 Å². The monoisotopic (exact) mass is 429 g/mol. The number of hydrogen-bond acceptors (Lipinski definition) is 4. The Bertz CT molecular complexity index is 799. The fraction of sp³-hybridized carbons (Fsp3) is 0.600. The highest BCUT2D eigenvalue weighted by Crippen LogP contribution is 2.42. The molecular formula is C25H35NO5. The van der Waals surface area contributed by atoms with Crippen LogP contribution in [0.25, 0.3) is 0 Å². The van der Waals surface area contributed by atoms with Crippen LogP contribution in [0.5, 0.6) is 11.5 Å². The molecule has 1 aliphatic carbocycles. The lowest BCUT2D eigenvalue weighted by Crippen LogP contribution is -2.50. The van der Waals surface area contributed by atoms with Crippen molar-refractivity contribution < 1.29 is 24.2 Å². The van der Waals surface area contributed by atoms with Crippen LogP contribution in [0.15, 0.2) is 24.8 Å². The van der Waals surface area contributed by atoms with E-state index < -0.39 is 12.0 Å². The SMILES string of the molecule is C=CCOc1cc([C@@H](C(=O)N2CCCC[C@H]2C(=O)O)C2CCCCC2)cc(C)c1OC. The van der Waals surface area contributed by atoms with Gasteiger partial charge in [-0.05, 0) is 62.1 Å². The van der Waals surface area contributed by atoms with Crippen LogP contribution < -0.4 is 9.47 Å². The Balaban J connectivity index is 2.02. The first-order valence-electron chi connectivity index (χ1n) is 11.4. The lowest BCUT2D eigenvalue weighted by Gasteiger charge is -2.39. The van der Waals surface area contributed by atoms with Crippen molar-refractivity contribution in [2.45, 2.75) is 70.3 Å². The van der Waals surface area contributed by atoms with E-state index in [0.29, 0.717) is 31.1 Å². The number of benzene rings is 1. The van der Waals surface area contributed by atoms with Gasteiger partial charge in [-0.3, -0.25) is 4.79 Å². The first kappa shape index (κ1) is 23.2.